The first kappa shape index (κ1) is 15.5. The Morgan fingerprint density at radius 2 is 1.96 bits per heavy atom. The lowest BCUT2D eigenvalue weighted by Gasteiger charge is -2.28. The van der Waals surface area contributed by atoms with Crippen LogP contribution in [0.4, 0.5) is 11.4 Å². The molecule has 23 heavy (non-hydrogen) atoms. The average Bonchev–Trinajstić information content (AvgIpc) is 2.63. The van der Waals surface area contributed by atoms with E-state index >= 15 is 0 Å². The zero-order valence-corrected chi connectivity index (χ0v) is 13.3. The van der Waals surface area contributed by atoms with Gasteiger partial charge in [-0.25, -0.2) is 0 Å². The number of aryl methyl sites for hydroxylation is 1. The maximum absolute atomic E-state index is 12.3. The molecule has 1 fully saturated rings. The van der Waals surface area contributed by atoms with Crippen molar-refractivity contribution in [3.05, 3.63) is 53.9 Å². The minimum absolute atomic E-state index is 0.181. The molecule has 1 saturated heterocycles. The first-order valence-electron chi connectivity index (χ1n) is 7.95. The van der Waals surface area contributed by atoms with Gasteiger partial charge in [0.25, 0.3) is 5.91 Å². The molecule has 3 rings (SSSR count). The molecule has 1 N–H and O–H groups in total. The summed E-state index contributed by atoms with van der Waals surface area (Å²) >= 11 is 0. The molecule has 120 valence electrons. The molecule has 1 aliphatic heterocycles. The lowest BCUT2D eigenvalue weighted by atomic mass is 10.2. The van der Waals surface area contributed by atoms with Crippen LogP contribution in [-0.2, 0) is 11.2 Å². The normalized spacial score (nSPS) is 14.6. The van der Waals surface area contributed by atoms with Gasteiger partial charge in [-0.05, 0) is 48.4 Å². The van der Waals surface area contributed by atoms with Crippen LogP contribution in [0.1, 0.15) is 23.0 Å². The maximum Gasteiger partial charge on any atom is 0.274 e. The largest absolute Gasteiger partial charge is 0.378 e. The van der Waals surface area contributed by atoms with Gasteiger partial charge >= 0.3 is 0 Å². The first-order chi connectivity index (χ1) is 11.3. The Bertz CT molecular complexity index is 664. The van der Waals surface area contributed by atoms with Crippen molar-refractivity contribution in [3.8, 4) is 0 Å². The summed E-state index contributed by atoms with van der Waals surface area (Å²) in [6, 6.07) is 11.7. The number of ether oxygens (including phenoxy) is 1. The number of nitrogens with zero attached hydrogens (tertiary/aromatic N) is 2. The highest BCUT2D eigenvalue weighted by atomic mass is 16.5. The van der Waals surface area contributed by atoms with Gasteiger partial charge in [-0.15, -0.1) is 0 Å². The minimum atomic E-state index is -0.181. The maximum atomic E-state index is 12.3. The van der Waals surface area contributed by atoms with Crippen LogP contribution in [0, 0.1) is 0 Å². The predicted molar refractivity (Wildman–Crippen MR) is 91.0 cm³/mol. The molecular formula is C18H21N3O2. The van der Waals surface area contributed by atoms with Gasteiger partial charge in [-0.2, -0.15) is 0 Å². The van der Waals surface area contributed by atoms with Crippen molar-refractivity contribution in [1.29, 1.82) is 0 Å². The molecule has 0 radical (unpaired) electrons. The van der Waals surface area contributed by atoms with Crippen LogP contribution in [0.3, 0.4) is 0 Å². The quantitative estimate of drug-likeness (QED) is 0.943. The van der Waals surface area contributed by atoms with Crippen LogP contribution in [0.2, 0.25) is 0 Å². The van der Waals surface area contributed by atoms with E-state index < -0.39 is 0 Å². The number of morpholine rings is 1. The molecule has 2 aromatic rings. The zero-order chi connectivity index (χ0) is 16.1. The van der Waals surface area contributed by atoms with Crippen LogP contribution in [-0.4, -0.2) is 37.2 Å². The second kappa shape index (κ2) is 7.24. The molecule has 1 amide bonds. The molecule has 0 spiro atoms. The second-order valence-corrected chi connectivity index (χ2v) is 5.50. The van der Waals surface area contributed by atoms with E-state index in [2.05, 4.69) is 22.1 Å². The highest BCUT2D eigenvalue weighted by Crippen LogP contribution is 2.19. The smallest absolute Gasteiger partial charge is 0.274 e. The summed E-state index contributed by atoms with van der Waals surface area (Å²) < 4.78 is 5.36. The summed E-state index contributed by atoms with van der Waals surface area (Å²) in [5.74, 6) is -0.181. The highest BCUT2D eigenvalue weighted by Gasteiger charge is 2.12. The molecular weight excluding hydrogens is 290 g/mol. The number of hydrogen-bond acceptors (Lipinski definition) is 4. The number of amides is 1. The van der Waals surface area contributed by atoms with E-state index in [0.717, 1.165) is 49.7 Å². The van der Waals surface area contributed by atoms with Crippen molar-refractivity contribution in [3.63, 3.8) is 0 Å². The van der Waals surface area contributed by atoms with E-state index in [1.807, 2.05) is 36.4 Å². The SMILES string of the molecule is CCc1ccnc(C(=O)Nc2ccc(N3CCOCC3)cc2)c1. The van der Waals surface area contributed by atoms with E-state index in [-0.39, 0.29) is 5.91 Å². The Kier molecular flexibility index (Phi) is 4.88. The van der Waals surface area contributed by atoms with Gasteiger partial charge in [0.15, 0.2) is 0 Å². The molecule has 1 aliphatic rings. The van der Waals surface area contributed by atoms with Crippen molar-refractivity contribution in [1.82, 2.24) is 4.98 Å². The van der Waals surface area contributed by atoms with Gasteiger partial charge in [-0.3, -0.25) is 9.78 Å². The fourth-order valence-corrected chi connectivity index (χ4v) is 2.59. The number of hydrogen-bond donors (Lipinski definition) is 1. The number of anilines is 2. The molecule has 0 bridgehead atoms. The number of carbonyl (C=O) groups is 1. The number of benzene rings is 1. The van der Waals surface area contributed by atoms with Crippen molar-refractivity contribution in [2.24, 2.45) is 0 Å². The van der Waals surface area contributed by atoms with E-state index in [4.69, 9.17) is 4.74 Å². The van der Waals surface area contributed by atoms with Crippen molar-refractivity contribution < 1.29 is 9.53 Å². The number of carbonyl (C=O) groups excluding carboxylic acids is 1. The summed E-state index contributed by atoms with van der Waals surface area (Å²) in [7, 11) is 0. The van der Waals surface area contributed by atoms with Crippen LogP contribution >= 0.6 is 0 Å². The monoisotopic (exact) mass is 311 g/mol. The number of pyridine rings is 1. The molecule has 0 atom stereocenters. The molecule has 0 unspecified atom stereocenters. The first-order valence-corrected chi connectivity index (χ1v) is 7.95. The average molecular weight is 311 g/mol. The fourth-order valence-electron chi connectivity index (χ4n) is 2.59. The second-order valence-electron chi connectivity index (χ2n) is 5.50. The van der Waals surface area contributed by atoms with Crippen LogP contribution in [0.15, 0.2) is 42.6 Å². The summed E-state index contributed by atoms with van der Waals surface area (Å²) in [5, 5.41) is 2.90. The van der Waals surface area contributed by atoms with Crippen LogP contribution < -0.4 is 10.2 Å². The topological polar surface area (TPSA) is 54.5 Å². The highest BCUT2D eigenvalue weighted by molar-refractivity contribution is 6.03. The predicted octanol–water partition coefficient (Wildman–Crippen LogP) is 2.73. The Morgan fingerprint density at radius 1 is 1.22 bits per heavy atom. The lowest BCUT2D eigenvalue weighted by molar-refractivity contribution is 0.102. The van der Waals surface area contributed by atoms with Gasteiger partial charge in [0.1, 0.15) is 5.69 Å². The summed E-state index contributed by atoms with van der Waals surface area (Å²) in [6.45, 7) is 5.39. The standard InChI is InChI=1S/C18H21N3O2/c1-2-14-7-8-19-17(13-14)18(22)20-15-3-5-16(6-4-15)21-9-11-23-12-10-21/h3-8,13H,2,9-12H2,1H3,(H,20,22). The third-order valence-corrected chi connectivity index (χ3v) is 3.97. The van der Waals surface area contributed by atoms with Gasteiger partial charge in [0, 0.05) is 30.7 Å². The molecule has 1 aromatic heterocycles. The van der Waals surface area contributed by atoms with E-state index in [0.29, 0.717) is 5.69 Å². The minimum Gasteiger partial charge on any atom is -0.378 e. The lowest BCUT2D eigenvalue weighted by Crippen LogP contribution is -2.36. The molecule has 2 heterocycles. The van der Waals surface area contributed by atoms with Crippen molar-refractivity contribution in [2.75, 3.05) is 36.5 Å². The van der Waals surface area contributed by atoms with Crippen LogP contribution in [0.25, 0.3) is 0 Å². The van der Waals surface area contributed by atoms with E-state index in [1.165, 1.54) is 0 Å². The van der Waals surface area contributed by atoms with Crippen LogP contribution in [0.5, 0.6) is 0 Å². The van der Waals surface area contributed by atoms with Gasteiger partial charge in [0.05, 0.1) is 13.2 Å². The Labute approximate surface area is 136 Å². The molecule has 5 nitrogen and oxygen atoms in total. The molecule has 5 heteroatoms. The van der Waals surface area contributed by atoms with Gasteiger partial charge < -0.3 is 15.0 Å². The van der Waals surface area contributed by atoms with Gasteiger partial charge in [-0.1, -0.05) is 6.92 Å². The molecule has 0 saturated carbocycles. The number of rotatable bonds is 4. The van der Waals surface area contributed by atoms with Gasteiger partial charge in [0.2, 0.25) is 0 Å². The Hall–Kier alpha value is -2.40. The Balaban J connectivity index is 1.66. The third-order valence-electron chi connectivity index (χ3n) is 3.97. The Morgan fingerprint density at radius 3 is 2.65 bits per heavy atom. The van der Waals surface area contributed by atoms with E-state index in [9.17, 15) is 4.79 Å². The van der Waals surface area contributed by atoms with Crippen molar-refractivity contribution >= 4 is 17.3 Å². The third kappa shape index (κ3) is 3.87. The molecule has 0 aliphatic carbocycles. The van der Waals surface area contributed by atoms with E-state index in [1.54, 1.807) is 6.20 Å². The summed E-state index contributed by atoms with van der Waals surface area (Å²) in [4.78, 5) is 18.7. The number of nitrogens with one attached hydrogen (secondary N) is 1. The summed E-state index contributed by atoms with van der Waals surface area (Å²) in [5.41, 5.74) is 3.47. The number of aromatic nitrogens is 1. The fraction of sp³-hybridized carbons (Fsp3) is 0.333. The zero-order valence-electron chi connectivity index (χ0n) is 13.3. The molecule has 1 aromatic carbocycles. The van der Waals surface area contributed by atoms with Crippen molar-refractivity contribution in [2.45, 2.75) is 13.3 Å². The summed E-state index contributed by atoms with van der Waals surface area (Å²) in [6.07, 6.45) is 2.56.